The summed E-state index contributed by atoms with van der Waals surface area (Å²) in [6.07, 6.45) is 5.96. The standard InChI is InChI=1S/C21H18N2O3/c1-2-14-23-17-10-5-3-8-15(17)20(16-9-4-6-11-18(16)23)21(26)22-13-7-12-19(24)25/h1,3-6,8-11H,7,12-14H2,(H-,22,24,25,26)/p+1. The van der Waals surface area contributed by atoms with Gasteiger partial charge in [-0.3, -0.25) is 9.59 Å². The number of terminal acetylenes is 1. The molecule has 26 heavy (non-hydrogen) atoms. The summed E-state index contributed by atoms with van der Waals surface area (Å²) in [5.41, 5.74) is 2.36. The molecule has 0 fully saturated rings. The maximum Gasteiger partial charge on any atom is 0.303 e. The van der Waals surface area contributed by atoms with E-state index in [2.05, 4.69) is 11.2 Å². The topological polar surface area (TPSA) is 70.3 Å². The van der Waals surface area contributed by atoms with Crippen molar-refractivity contribution >= 4 is 33.7 Å². The number of benzene rings is 2. The molecular formula is C21H19N2O3+. The first kappa shape index (κ1) is 17.4. The number of pyridine rings is 1. The van der Waals surface area contributed by atoms with Gasteiger partial charge in [0.05, 0.1) is 16.3 Å². The molecule has 0 aliphatic rings. The molecule has 1 amide bonds. The zero-order valence-electron chi connectivity index (χ0n) is 14.2. The SMILES string of the molecule is C#CC[n+]1c2ccccc2c(C(=O)NCCCC(=O)O)c2ccccc21. The molecule has 1 aromatic heterocycles. The molecule has 5 heteroatoms. The van der Waals surface area contributed by atoms with Crippen LogP contribution in [0.25, 0.3) is 21.8 Å². The van der Waals surface area contributed by atoms with Crippen molar-refractivity contribution in [3.05, 3.63) is 54.1 Å². The predicted octanol–water partition coefficient (Wildman–Crippen LogP) is 2.51. The van der Waals surface area contributed by atoms with Crippen LogP contribution in [0.4, 0.5) is 0 Å². The zero-order chi connectivity index (χ0) is 18.5. The van der Waals surface area contributed by atoms with E-state index >= 15 is 0 Å². The van der Waals surface area contributed by atoms with Crippen molar-refractivity contribution in [3.8, 4) is 12.3 Å². The van der Waals surface area contributed by atoms with Gasteiger partial charge in [0, 0.05) is 25.1 Å². The van der Waals surface area contributed by atoms with Crippen molar-refractivity contribution < 1.29 is 19.3 Å². The quantitative estimate of drug-likeness (QED) is 0.312. The molecule has 0 aliphatic heterocycles. The highest BCUT2D eigenvalue weighted by molar-refractivity contribution is 6.14. The Balaban J connectivity index is 2.11. The van der Waals surface area contributed by atoms with E-state index in [0.717, 1.165) is 21.8 Å². The number of carbonyl (C=O) groups is 2. The Morgan fingerprint density at radius 2 is 1.62 bits per heavy atom. The number of nitrogens with one attached hydrogen (secondary N) is 1. The van der Waals surface area contributed by atoms with Crippen molar-refractivity contribution in [1.82, 2.24) is 5.32 Å². The Morgan fingerprint density at radius 3 is 2.15 bits per heavy atom. The Morgan fingerprint density at radius 1 is 1.04 bits per heavy atom. The van der Waals surface area contributed by atoms with Crippen LogP contribution in [0.2, 0.25) is 0 Å². The van der Waals surface area contributed by atoms with Gasteiger partial charge in [0.25, 0.3) is 5.91 Å². The number of amides is 1. The minimum atomic E-state index is -0.870. The van der Waals surface area contributed by atoms with E-state index < -0.39 is 5.97 Å². The van der Waals surface area contributed by atoms with Gasteiger partial charge in [-0.2, -0.15) is 4.57 Å². The van der Waals surface area contributed by atoms with Gasteiger partial charge >= 0.3 is 5.97 Å². The lowest BCUT2D eigenvalue weighted by molar-refractivity contribution is -0.632. The lowest BCUT2D eigenvalue weighted by Crippen LogP contribution is -2.36. The number of aliphatic carboxylic acids is 1. The lowest BCUT2D eigenvalue weighted by Gasteiger charge is -2.11. The fraction of sp³-hybridized carbons (Fsp3) is 0.190. The average molecular weight is 347 g/mol. The molecule has 0 unspecified atom stereocenters. The number of carboxylic acid groups (broad SMARTS) is 1. The lowest BCUT2D eigenvalue weighted by atomic mass is 10.0. The van der Waals surface area contributed by atoms with Crippen molar-refractivity contribution in [2.75, 3.05) is 6.54 Å². The van der Waals surface area contributed by atoms with Crippen LogP contribution in [0.5, 0.6) is 0 Å². The summed E-state index contributed by atoms with van der Waals surface area (Å²) in [5.74, 6) is 1.59. The number of rotatable bonds is 6. The molecule has 0 radical (unpaired) electrons. The van der Waals surface area contributed by atoms with Crippen LogP contribution in [0, 0.1) is 12.3 Å². The van der Waals surface area contributed by atoms with Crippen LogP contribution >= 0.6 is 0 Å². The summed E-state index contributed by atoms with van der Waals surface area (Å²) >= 11 is 0. The van der Waals surface area contributed by atoms with Crippen molar-refractivity contribution in [2.24, 2.45) is 0 Å². The van der Waals surface area contributed by atoms with Gasteiger partial charge in [-0.25, -0.2) is 0 Å². The minimum Gasteiger partial charge on any atom is -0.481 e. The third kappa shape index (κ3) is 3.35. The fourth-order valence-electron chi connectivity index (χ4n) is 3.15. The molecule has 5 nitrogen and oxygen atoms in total. The first-order chi connectivity index (χ1) is 12.6. The van der Waals surface area contributed by atoms with Crippen molar-refractivity contribution in [2.45, 2.75) is 19.4 Å². The van der Waals surface area contributed by atoms with Gasteiger partial charge in [-0.15, -0.1) is 6.42 Å². The third-order valence-electron chi connectivity index (χ3n) is 4.26. The Bertz CT molecular complexity index is 978. The van der Waals surface area contributed by atoms with Gasteiger partial charge < -0.3 is 10.4 Å². The van der Waals surface area contributed by atoms with Crippen molar-refractivity contribution in [1.29, 1.82) is 0 Å². The first-order valence-electron chi connectivity index (χ1n) is 8.40. The summed E-state index contributed by atoms with van der Waals surface area (Å²) in [7, 11) is 0. The van der Waals surface area contributed by atoms with E-state index in [-0.39, 0.29) is 12.3 Å². The molecule has 0 atom stereocenters. The number of fused-ring (bicyclic) bond motifs is 2. The number of carbonyl (C=O) groups excluding carboxylic acids is 1. The predicted molar refractivity (Wildman–Crippen MR) is 99.7 cm³/mol. The molecule has 0 saturated heterocycles. The number of carboxylic acids is 1. The summed E-state index contributed by atoms with van der Waals surface area (Å²) in [6.45, 7) is 0.717. The number of aromatic nitrogens is 1. The maximum atomic E-state index is 12.9. The molecule has 0 bridgehead atoms. The van der Waals surface area contributed by atoms with Gasteiger partial charge in [0.15, 0.2) is 0 Å². The second-order valence-electron chi connectivity index (χ2n) is 5.95. The monoisotopic (exact) mass is 347 g/mol. The maximum absolute atomic E-state index is 12.9. The first-order valence-corrected chi connectivity index (χ1v) is 8.40. The average Bonchev–Trinajstić information content (AvgIpc) is 2.65. The molecule has 0 saturated carbocycles. The van der Waals surface area contributed by atoms with Crippen LogP contribution in [0.1, 0.15) is 23.2 Å². The minimum absolute atomic E-state index is 0.0265. The van der Waals surface area contributed by atoms with Crippen molar-refractivity contribution in [3.63, 3.8) is 0 Å². The normalized spacial score (nSPS) is 10.6. The molecule has 0 spiro atoms. The van der Waals surface area contributed by atoms with E-state index in [0.29, 0.717) is 25.1 Å². The summed E-state index contributed by atoms with van der Waals surface area (Å²) in [5, 5.41) is 13.2. The van der Waals surface area contributed by atoms with E-state index in [4.69, 9.17) is 11.5 Å². The number of nitrogens with zero attached hydrogens (tertiary/aromatic N) is 1. The van der Waals surface area contributed by atoms with Gasteiger partial charge in [-0.05, 0) is 24.5 Å². The second-order valence-corrected chi connectivity index (χ2v) is 5.95. The van der Waals surface area contributed by atoms with Crippen LogP contribution in [0.3, 0.4) is 0 Å². The van der Waals surface area contributed by atoms with E-state index in [1.165, 1.54) is 0 Å². The summed E-state index contributed by atoms with van der Waals surface area (Å²) in [4.78, 5) is 23.5. The molecule has 3 aromatic rings. The zero-order valence-corrected chi connectivity index (χ0v) is 14.2. The molecule has 0 aliphatic carbocycles. The Kier molecular flexibility index (Phi) is 5.14. The van der Waals surface area contributed by atoms with Gasteiger partial charge in [0.1, 0.15) is 0 Å². The third-order valence-corrected chi connectivity index (χ3v) is 4.26. The highest BCUT2D eigenvalue weighted by atomic mass is 16.4. The number of para-hydroxylation sites is 2. The molecule has 3 rings (SSSR count). The second kappa shape index (κ2) is 7.66. The number of hydrogen-bond donors (Lipinski definition) is 2. The Hall–Kier alpha value is -3.39. The highest BCUT2D eigenvalue weighted by Gasteiger charge is 2.23. The smallest absolute Gasteiger partial charge is 0.303 e. The van der Waals surface area contributed by atoms with E-state index in [1.807, 2.05) is 53.1 Å². The van der Waals surface area contributed by atoms with Crippen LogP contribution in [-0.4, -0.2) is 23.5 Å². The molecule has 2 aromatic carbocycles. The van der Waals surface area contributed by atoms with E-state index in [9.17, 15) is 9.59 Å². The van der Waals surface area contributed by atoms with Crippen LogP contribution in [0.15, 0.2) is 48.5 Å². The molecular weight excluding hydrogens is 328 g/mol. The fourth-order valence-corrected chi connectivity index (χ4v) is 3.15. The van der Waals surface area contributed by atoms with Crippen LogP contribution in [-0.2, 0) is 11.3 Å². The Labute approximate surface area is 151 Å². The molecule has 2 N–H and O–H groups in total. The number of hydrogen-bond acceptors (Lipinski definition) is 2. The largest absolute Gasteiger partial charge is 0.481 e. The van der Waals surface area contributed by atoms with Gasteiger partial charge in [-0.1, -0.05) is 24.3 Å². The van der Waals surface area contributed by atoms with E-state index in [1.54, 1.807) is 0 Å². The molecule has 130 valence electrons. The summed E-state index contributed by atoms with van der Waals surface area (Å²) < 4.78 is 2.02. The highest BCUT2D eigenvalue weighted by Crippen LogP contribution is 2.24. The molecule has 1 heterocycles. The van der Waals surface area contributed by atoms with Crippen LogP contribution < -0.4 is 9.88 Å². The summed E-state index contributed by atoms with van der Waals surface area (Å²) in [6, 6.07) is 15.3. The van der Waals surface area contributed by atoms with Gasteiger partial charge in [0.2, 0.25) is 17.6 Å².